The zero-order valence-corrected chi connectivity index (χ0v) is 14.9. The van der Waals surface area contributed by atoms with Crippen molar-refractivity contribution in [3.63, 3.8) is 0 Å². The van der Waals surface area contributed by atoms with Crippen LogP contribution in [-0.4, -0.2) is 18.3 Å². The number of nitrogens with one attached hydrogen (secondary N) is 1. The maximum atomic E-state index is 13.6. The molecule has 0 heterocycles. The van der Waals surface area contributed by atoms with Crippen LogP contribution < -0.4 is 10.1 Å². The SMILES string of the molecule is O=C(COc1ccc(C(=O)c2ccccc2)cc1)Nc1cc(Cl)ccc1F. The van der Waals surface area contributed by atoms with Gasteiger partial charge in [0.2, 0.25) is 0 Å². The molecule has 27 heavy (non-hydrogen) atoms. The van der Waals surface area contributed by atoms with Crippen molar-refractivity contribution < 1.29 is 18.7 Å². The van der Waals surface area contributed by atoms with Gasteiger partial charge in [-0.2, -0.15) is 0 Å². The molecule has 3 rings (SSSR count). The van der Waals surface area contributed by atoms with Gasteiger partial charge in [0.15, 0.2) is 12.4 Å². The molecule has 0 unspecified atom stereocenters. The molecular formula is C21H15ClFNO3. The maximum absolute atomic E-state index is 13.6. The molecule has 1 amide bonds. The van der Waals surface area contributed by atoms with Crippen molar-refractivity contribution >= 4 is 29.0 Å². The molecule has 0 radical (unpaired) electrons. The molecule has 4 nitrogen and oxygen atoms in total. The van der Waals surface area contributed by atoms with Crippen LogP contribution in [0.4, 0.5) is 10.1 Å². The first-order valence-corrected chi connectivity index (χ1v) is 8.48. The van der Waals surface area contributed by atoms with E-state index in [0.717, 1.165) is 0 Å². The molecule has 0 atom stereocenters. The lowest BCUT2D eigenvalue weighted by Gasteiger charge is -2.09. The number of halogens is 2. The zero-order chi connectivity index (χ0) is 19.2. The predicted molar refractivity (Wildman–Crippen MR) is 102 cm³/mol. The predicted octanol–water partition coefficient (Wildman–Crippen LogP) is 4.73. The van der Waals surface area contributed by atoms with E-state index in [1.807, 2.05) is 6.07 Å². The Kier molecular flexibility index (Phi) is 5.84. The van der Waals surface area contributed by atoms with Gasteiger partial charge in [0.1, 0.15) is 11.6 Å². The van der Waals surface area contributed by atoms with E-state index < -0.39 is 11.7 Å². The van der Waals surface area contributed by atoms with Gasteiger partial charge in [0.05, 0.1) is 5.69 Å². The molecule has 0 saturated heterocycles. The normalized spacial score (nSPS) is 10.3. The van der Waals surface area contributed by atoms with Gasteiger partial charge in [-0.3, -0.25) is 9.59 Å². The lowest BCUT2D eigenvalue weighted by molar-refractivity contribution is -0.118. The summed E-state index contributed by atoms with van der Waals surface area (Å²) in [7, 11) is 0. The van der Waals surface area contributed by atoms with Crippen LogP contribution in [0.25, 0.3) is 0 Å². The number of rotatable bonds is 6. The number of ketones is 1. The van der Waals surface area contributed by atoms with E-state index in [-0.39, 0.29) is 18.1 Å². The summed E-state index contributed by atoms with van der Waals surface area (Å²) in [6.45, 7) is -0.308. The number of benzene rings is 3. The first-order chi connectivity index (χ1) is 13.0. The Labute approximate surface area is 160 Å². The summed E-state index contributed by atoms with van der Waals surface area (Å²) in [5.74, 6) is -0.796. The fraction of sp³-hybridized carbons (Fsp3) is 0.0476. The van der Waals surface area contributed by atoms with Crippen molar-refractivity contribution in [1.29, 1.82) is 0 Å². The van der Waals surface area contributed by atoms with Crippen LogP contribution in [-0.2, 0) is 4.79 Å². The number of anilines is 1. The largest absolute Gasteiger partial charge is 0.484 e. The highest BCUT2D eigenvalue weighted by atomic mass is 35.5. The van der Waals surface area contributed by atoms with E-state index in [2.05, 4.69) is 5.32 Å². The molecule has 0 aliphatic rings. The molecular weight excluding hydrogens is 369 g/mol. The van der Waals surface area contributed by atoms with Gasteiger partial charge in [-0.05, 0) is 42.5 Å². The molecule has 0 spiro atoms. The van der Waals surface area contributed by atoms with Gasteiger partial charge in [-0.15, -0.1) is 0 Å². The fourth-order valence-corrected chi connectivity index (χ4v) is 2.56. The second kappa shape index (κ2) is 8.47. The smallest absolute Gasteiger partial charge is 0.262 e. The van der Waals surface area contributed by atoms with Crippen LogP contribution in [0.15, 0.2) is 72.8 Å². The molecule has 0 bridgehead atoms. The molecule has 0 saturated carbocycles. The van der Waals surface area contributed by atoms with E-state index in [0.29, 0.717) is 21.9 Å². The maximum Gasteiger partial charge on any atom is 0.262 e. The van der Waals surface area contributed by atoms with Crippen molar-refractivity contribution in [2.24, 2.45) is 0 Å². The summed E-state index contributed by atoms with van der Waals surface area (Å²) in [4.78, 5) is 24.2. The Morgan fingerprint density at radius 1 is 0.926 bits per heavy atom. The first kappa shape index (κ1) is 18.6. The molecule has 0 aliphatic carbocycles. The Morgan fingerprint density at radius 3 is 2.30 bits per heavy atom. The van der Waals surface area contributed by atoms with E-state index in [4.69, 9.17) is 16.3 Å². The third-order valence-corrected chi connectivity index (χ3v) is 3.96. The molecule has 0 aliphatic heterocycles. The first-order valence-electron chi connectivity index (χ1n) is 8.10. The Morgan fingerprint density at radius 2 is 1.59 bits per heavy atom. The van der Waals surface area contributed by atoms with Gasteiger partial charge < -0.3 is 10.1 Å². The van der Waals surface area contributed by atoms with Crippen molar-refractivity contribution in [3.8, 4) is 5.75 Å². The monoisotopic (exact) mass is 383 g/mol. The minimum Gasteiger partial charge on any atom is -0.484 e. The van der Waals surface area contributed by atoms with Gasteiger partial charge >= 0.3 is 0 Å². The molecule has 3 aromatic carbocycles. The zero-order valence-electron chi connectivity index (χ0n) is 14.1. The van der Waals surface area contributed by atoms with Crippen molar-refractivity contribution in [1.82, 2.24) is 0 Å². The molecule has 6 heteroatoms. The quantitative estimate of drug-likeness (QED) is 0.626. The minimum absolute atomic E-state index is 0.0140. The van der Waals surface area contributed by atoms with Crippen LogP contribution >= 0.6 is 11.6 Å². The van der Waals surface area contributed by atoms with Crippen molar-refractivity contribution in [2.45, 2.75) is 0 Å². The van der Waals surface area contributed by atoms with Crippen LogP contribution in [0.3, 0.4) is 0 Å². The number of ether oxygens (including phenoxy) is 1. The molecule has 0 aromatic heterocycles. The van der Waals surface area contributed by atoms with Crippen LogP contribution in [0.5, 0.6) is 5.75 Å². The Hall–Kier alpha value is -3.18. The molecule has 136 valence electrons. The number of carbonyl (C=O) groups is 2. The molecule has 3 aromatic rings. The lowest BCUT2D eigenvalue weighted by atomic mass is 10.0. The van der Waals surface area contributed by atoms with Crippen LogP contribution in [0, 0.1) is 5.82 Å². The average Bonchev–Trinajstić information content (AvgIpc) is 2.70. The van der Waals surface area contributed by atoms with E-state index in [1.165, 1.54) is 18.2 Å². The summed E-state index contributed by atoms with van der Waals surface area (Å²) in [5, 5.41) is 2.71. The van der Waals surface area contributed by atoms with Gasteiger partial charge in [0, 0.05) is 16.1 Å². The van der Waals surface area contributed by atoms with Gasteiger partial charge in [-0.25, -0.2) is 4.39 Å². The van der Waals surface area contributed by atoms with Crippen molar-refractivity contribution in [3.05, 3.63) is 94.8 Å². The lowest BCUT2D eigenvalue weighted by Crippen LogP contribution is -2.20. The number of amides is 1. The third kappa shape index (κ3) is 4.92. The third-order valence-electron chi connectivity index (χ3n) is 3.72. The highest BCUT2D eigenvalue weighted by molar-refractivity contribution is 6.30. The van der Waals surface area contributed by atoms with Crippen LogP contribution in [0.2, 0.25) is 5.02 Å². The second-order valence-corrected chi connectivity index (χ2v) is 6.12. The Balaban J connectivity index is 1.58. The van der Waals surface area contributed by atoms with E-state index >= 15 is 0 Å². The summed E-state index contributed by atoms with van der Waals surface area (Å²) in [6.07, 6.45) is 0. The number of carbonyl (C=O) groups excluding carboxylic acids is 2. The van der Waals surface area contributed by atoms with E-state index in [9.17, 15) is 14.0 Å². The summed E-state index contributed by atoms with van der Waals surface area (Å²) in [5.41, 5.74) is 1.09. The van der Waals surface area contributed by atoms with Gasteiger partial charge in [0.25, 0.3) is 5.91 Å². The minimum atomic E-state index is -0.587. The molecule has 1 N–H and O–H groups in total. The topological polar surface area (TPSA) is 55.4 Å². The van der Waals surface area contributed by atoms with Crippen LogP contribution in [0.1, 0.15) is 15.9 Å². The Bertz CT molecular complexity index is 959. The summed E-state index contributed by atoms with van der Waals surface area (Å²) < 4.78 is 19.0. The summed E-state index contributed by atoms with van der Waals surface area (Å²) >= 11 is 5.78. The summed E-state index contributed by atoms with van der Waals surface area (Å²) in [6, 6.07) is 19.2. The van der Waals surface area contributed by atoms with E-state index in [1.54, 1.807) is 48.5 Å². The highest BCUT2D eigenvalue weighted by Gasteiger charge is 2.10. The fourth-order valence-electron chi connectivity index (χ4n) is 2.39. The average molecular weight is 384 g/mol. The number of hydrogen-bond acceptors (Lipinski definition) is 3. The standard InChI is InChI=1S/C21H15ClFNO3/c22-16-8-11-18(23)19(12-16)24-20(25)13-27-17-9-6-15(7-10-17)21(26)14-4-2-1-3-5-14/h1-12H,13H2,(H,24,25). The molecule has 0 fully saturated rings. The highest BCUT2D eigenvalue weighted by Crippen LogP contribution is 2.20. The second-order valence-electron chi connectivity index (χ2n) is 5.68. The number of hydrogen-bond donors (Lipinski definition) is 1. The van der Waals surface area contributed by atoms with Gasteiger partial charge in [-0.1, -0.05) is 41.9 Å². The van der Waals surface area contributed by atoms with Crippen molar-refractivity contribution in [2.75, 3.05) is 11.9 Å².